The minimum Gasteiger partial charge on any atom is -0.454 e. The van der Waals surface area contributed by atoms with Crippen LogP contribution in [-0.4, -0.2) is 18.6 Å². The lowest BCUT2D eigenvalue weighted by molar-refractivity contribution is -0.140. The van der Waals surface area contributed by atoms with Gasteiger partial charge < -0.3 is 14.8 Å². The summed E-state index contributed by atoms with van der Waals surface area (Å²) in [6.07, 6.45) is -0.421. The SMILES string of the molecule is O=C(Nc1ccc2c(c1)OCO2)C(F)(F)CCc1ccccc1. The minimum absolute atomic E-state index is 0.0833. The molecule has 1 N–H and O–H groups in total. The van der Waals surface area contributed by atoms with Crippen LogP contribution in [0.5, 0.6) is 11.5 Å². The number of aryl methyl sites for hydroxylation is 1. The summed E-state index contributed by atoms with van der Waals surface area (Å²) in [6, 6.07) is 13.4. The van der Waals surface area contributed by atoms with E-state index in [4.69, 9.17) is 9.47 Å². The molecule has 23 heavy (non-hydrogen) atoms. The molecule has 0 atom stereocenters. The highest BCUT2D eigenvalue weighted by Gasteiger charge is 2.38. The number of anilines is 1. The maximum absolute atomic E-state index is 14.0. The van der Waals surface area contributed by atoms with Crippen molar-refractivity contribution < 1.29 is 23.0 Å². The highest BCUT2D eigenvalue weighted by molar-refractivity contribution is 5.96. The average molecular weight is 319 g/mol. The van der Waals surface area contributed by atoms with Gasteiger partial charge in [0, 0.05) is 18.2 Å². The van der Waals surface area contributed by atoms with E-state index >= 15 is 0 Å². The number of halogens is 2. The molecule has 0 aromatic heterocycles. The Kier molecular flexibility index (Phi) is 4.14. The van der Waals surface area contributed by atoms with Crippen LogP contribution in [0.25, 0.3) is 0 Å². The summed E-state index contributed by atoms with van der Waals surface area (Å²) in [4.78, 5) is 11.8. The lowest BCUT2D eigenvalue weighted by Crippen LogP contribution is -2.35. The van der Waals surface area contributed by atoms with Crippen molar-refractivity contribution >= 4 is 11.6 Å². The number of amides is 1. The summed E-state index contributed by atoms with van der Waals surface area (Å²) in [5, 5.41) is 2.22. The number of rotatable bonds is 5. The van der Waals surface area contributed by atoms with Gasteiger partial charge in [-0.3, -0.25) is 4.79 Å². The predicted molar refractivity (Wildman–Crippen MR) is 80.9 cm³/mol. The topological polar surface area (TPSA) is 47.6 Å². The highest BCUT2D eigenvalue weighted by atomic mass is 19.3. The van der Waals surface area contributed by atoms with Gasteiger partial charge in [-0.25, -0.2) is 0 Å². The first-order valence-corrected chi connectivity index (χ1v) is 7.17. The van der Waals surface area contributed by atoms with Gasteiger partial charge in [-0.15, -0.1) is 0 Å². The largest absolute Gasteiger partial charge is 0.454 e. The van der Waals surface area contributed by atoms with Crippen molar-refractivity contribution in [3.8, 4) is 11.5 Å². The van der Waals surface area contributed by atoms with Crippen LogP contribution in [0.3, 0.4) is 0 Å². The van der Waals surface area contributed by atoms with E-state index in [-0.39, 0.29) is 18.9 Å². The molecule has 1 aliphatic heterocycles. The van der Waals surface area contributed by atoms with Gasteiger partial charge in [0.25, 0.3) is 5.91 Å². The smallest absolute Gasteiger partial charge is 0.325 e. The molecule has 0 saturated heterocycles. The minimum atomic E-state index is -3.45. The van der Waals surface area contributed by atoms with Crippen LogP contribution >= 0.6 is 0 Å². The number of hydrogen-bond donors (Lipinski definition) is 1. The fraction of sp³-hybridized carbons (Fsp3) is 0.235. The Hall–Kier alpha value is -2.63. The van der Waals surface area contributed by atoms with Crippen LogP contribution in [0.2, 0.25) is 0 Å². The molecule has 3 rings (SSSR count). The third kappa shape index (κ3) is 3.59. The zero-order valence-corrected chi connectivity index (χ0v) is 12.2. The number of nitrogens with one attached hydrogen (secondary N) is 1. The van der Waals surface area contributed by atoms with Gasteiger partial charge in [0.15, 0.2) is 11.5 Å². The van der Waals surface area contributed by atoms with E-state index in [1.165, 1.54) is 12.1 Å². The number of benzene rings is 2. The van der Waals surface area contributed by atoms with E-state index in [9.17, 15) is 13.6 Å². The zero-order valence-electron chi connectivity index (χ0n) is 12.2. The molecule has 1 amide bonds. The fourth-order valence-electron chi connectivity index (χ4n) is 2.26. The number of ether oxygens (including phenoxy) is 2. The molecule has 0 spiro atoms. The number of carbonyl (C=O) groups is 1. The van der Waals surface area contributed by atoms with Crippen molar-refractivity contribution in [3.05, 3.63) is 54.1 Å². The standard InChI is InChI=1S/C17H15F2NO3/c18-17(19,9-8-12-4-2-1-3-5-12)16(21)20-13-6-7-14-15(10-13)23-11-22-14/h1-7,10H,8-9,11H2,(H,20,21). The summed E-state index contributed by atoms with van der Waals surface area (Å²) in [7, 11) is 0. The lowest BCUT2D eigenvalue weighted by Gasteiger charge is -2.16. The van der Waals surface area contributed by atoms with E-state index in [1.807, 2.05) is 6.07 Å². The molecule has 1 heterocycles. The normalized spacial score (nSPS) is 13.0. The van der Waals surface area contributed by atoms with Crippen molar-refractivity contribution in [3.63, 3.8) is 0 Å². The second kappa shape index (κ2) is 6.24. The molecule has 0 saturated carbocycles. The van der Waals surface area contributed by atoms with Crippen molar-refractivity contribution in [2.24, 2.45) is 0 Å². The quantitative estimate of drug-likeness (QED) is 0.915. The van der Waals surface area contributed by atoms with Gasteiger partial charge in [-0.05, 0) is 24.1 Å². The third-order valence-electron chi connectivity index (χ3n) is 3.53. The van der Waals surface area contributed by atoms with Crippen molar-refractivity contribution in [1.29, 1.82) is 0 Å². The van der Waals surface area contributed by atoms with Gasteiger partial charge in [0.1, 0.15) is 0 Å². The maximum atomic E-state index is 14.0. The van der Waals surface area contributed by atoms with Crippen LogP contribution in [0.15, 0.2) is 48.5 Å². The van der Waals surface area contributed by atoms with Crippen LogP contribution in [0.4, 0.5) is 14.5 Å². The van der Waals surface area contributed by atoms with Crippen LogP contribution in [0, 0.1) is 0 Å². The number of fused-ring (bicyclic) bond motifs is 1. The molecule has 1 aliphatic rings. The van der Waals surface area contributed by atoms with Gasteiger partial charge in [-0.2, -0.15) is 8.78 Å². The first kappa shape index (κ1) is 15.3. The monoisotopic (exact) mass is 319 g/mol. The van der Waals surface area contributed by atoms with Crippen molar-refractivity contribution in [2.45, 2.75) is 18.8 Å². The Morgan fingerprint density at radius 3 is 2.61 bits per heavy atom. The molecule has 0 unspecified atom stereocenters. The third-order valence-corrected chi connectivity index (χ3v) is 3.53. The molecular weight excluding hydrogens is 304 g/mol. The molecular formula is C17H15F2NO3. The van der Waals surface area contributed by atoms with E-state index in [0.29, 0.717) is 11.5 Å². The Morgan fingerprint density at radius 1 is 1.09 bits per heavy atom. The number of alkyl halides is 2. The predicted octanol–water partition coefficient (Wildman–Crippen LogP) is 3.62. The summed E-state index contributed by atoms with van der Waals surface area (Å²) in [5.41, 5.74) is 1.02. The Labute approximate surface area is 132 Å². The molecule has 2 aromatic rings. The summed E-state index contributed by atoms with van der Waals surface area (Å²) in [5.74, 6) is -3.83. The van der Waals surface area contributed by atoms with E-state index in [1.54, 1.807) is 30.3 Å². The van der Waals surface area contributed by atoms with Crippen LogP contribution in [-0.2, 0) is 11.2 Å². The highest BCUT2D eigenvalue weighted by Crippen LogP contribution is 2.34. The molecule has 120 valence electrons. The van der Waals surface area contributed by atoms with E-state index in [2.05, 4.69) is 5.32 Å². The van der Waals surface area contributed by atoms with Crippen molar-refractivity contribution in [1.82, 2.24) is 0 Å². The summed E-state index contributed by atoms with van der Waals surface area (Å²) >= 11 is 0. The lowest BCUT2D eigenvalue weighted by atomic mass is 10.1. The fourth-order valence-corrected chi connectivity index (χ4v) is 2.26. The number of carbonyl (C=O) groups excluding carboxylic acids is 1. The van der Waals surface area contributed by atoms with E-state index in [0.717, 1.165) is 5.56 Å². The second-order valence-corrected chi connectivity index (χ2v) is 5.21. The van der Waals surface area contributed by atoms with Crippen LogP contribution < -0.4 is 14.8 Å². The van der Waals surface area contributed by atoms with Crippen molar-refractivity contribution in [2.75, 3.05) is 12.1 Å². The molecule has 6 heteroatoms. The second-order valence-electron chi connectivity index (χ2n) is 5.21. The Bertz CT molecular complexity index is 704. The average Bonchev–Trinajstić information content (AvgIpc) is 3.01. The molecule has 0 aliphatic carbocycles. The van der Waals surface area contributed by atoms with Gasteiger partial charge in [-0.1, -0.05) is 30.3 Å². The molecule has 4 nitrogen and oxygen atoms in total. The zero-order chi connectivity index (χ0) is 16.3. The Balaban J connectivity index is 1.62. The van der Waals surface area contributed by atoms with Crippen LogP contribution in [0.1, 0.15) is 12.0 Å². The van der Waals surface area contributed by atoms with Gasteiger partial charge in [0.05, 0.1) is 0 Å². The summed E-state index contributed by atoms with van der Waals surface area (Å²) in [6.45, 7) is 0.0833. The first-order chi connectivity index (χ1) is 11.0. The maximum Gasteiger partial charge on any atom is 0.325 e. The summed E-state index contributed by atoms with van der Waals surface area (Å²) < 4.78 is 38.3. The molecule has 2 aromatic carbocycles. The first-order valence-electron chi connectivity index (χ1n) is 7.17. The Morgan fingerprint density at radius 2 is 1.83 bits per heavy atom. The molecule has 0 fully saturated rings. The number of hydrogen-bond acceptors (Lipinski definition) is 3. The molecule has 0 radical (unpaired) electrons. The van der Waals surface area contributed by atoms with Gasteiger partial charge >= 0.3 is 5.92 Å². The van der Waals surface area contributed by atoms with Gasteiger partial charge in [0.2, 0.25) is 6.79 Å². The van der Waals surface area contributed by atoms with E-state index < -0.39 is 18.3 Å². The molecule has 0 bridgehead atoms.